The third-order valence-electron chi connectivity index (χ3n) is 2.98. The van der Waals surface area contributed by atoms with Gasteiger partial charge in [-0.3, -0.25) is 5.84 Å². The molecule has 0 saturated carbocycles. The summed E-state index contributed by atoms with van der Waals surface area (Å²) in [5.41, 5.74) is 4.63. The molecule has 0 aromatic heterocycles. The van der Waals surface area contributed by atoms with Crippen LogP contribution in [0.3, 0.4) is 0 Å². The van der Waals surface area contributed by atoms with Gasteiger partial charge in [0.05, 0.1) is 12.1 Å². The Bertz CT molecular complexity index is 597. The number of hydrazine groups is 1. The van der Waals surface area contributed by atoms with Gasteiger partial charge >= 0.3 is 0 Å². The number of ether oxygens (including phenoxy) is 1. The smallest absolute Gasteiger partial charge is 0.124 e. The zero-order chi connectivity index (χ0) is 15.4. The van der Waals surface area contributed by atoms with Crippen molar-refractivity contribution in [3.8, 4) is 5.75 Å². The molecule has 0 aliphatic heterocycles. The lowest BCUT2D eigenvalue weighted by molar-refractivity contribution is 0.238. The minimum atomic E-state index is -0.254. The van der Waals surface area contributed by atoms with Crippen LogP contribution in [0.4, 0.5) is 0 Å². The van der Waals surface area contributed by atoms with E-state index in [4.69, 9.17) is 33.8 Å². The van der Waals surface area contributed by atoms with Crippen LogP contribution in [0.2, 0.25) is 10.0 Å². The number of hydrogen-bond acceptors (Lipinski definition) is 3. The first kappa shape index (κ1) is 16.1. The van der Waals surface area contributed by atoms with Crippen molar-refractivity contribution >= 4 is 23.2 Å². The van der Waals surface area contributed by atoms with Crippen molar-refractivity contribution in [1.29, 1.82) is 0 Å². The molecule has 0 spiro atoms. The highest BCUT2D eigenvalue weighted by Gasteiger charge is 2.18. The molecule has 3 nitrogen and oxygen atoms in total. The molecular formula is C16H18Cl2N2O. The molecule has 112 valence electrons. The van der Waals surface area contributed by atoms with Crippen LogP contribution in [0.15, 0.2) is 42.5 Å². The fraction of sp³-hybridized carbons (Fsp3) is 0.250. The highest BCUT2D eigenvalue weighted by Crippen LogP contribution is 2.32. The van der Waals surface area contributed by atoms with Crippen LogP contribution in [0.25, 0.3) is 0 Å². The lowest BCUT2D eigenvalue weighted by Crippen LogP contribution is -2.29. The number of halogens is 2. The highest BCUT2D eigenvalue weighted by atomic mass is 35.5. The molecule has 1 atom stereocenters. The fourth-order valence-corrected chi connectivity index (χ4v) is 2.73. The van der Waals surface area contributed by atoms with Crippen LogP contribution >= 0.6 is 23.2 Å². The zero-order valence-corrected chi connectivity index (χ0v) is 13.4. The van der Waals surface area contributed by atoms with Gasteiger partial charge in [0, 0.05) is 15.6 Å². The predicted molar refractivity (Wildman–Crippen MR) is 87.8 cm³/mol. The van der Waals surface area contributed by atoms with E-state index in [2.05, 4.69) is 5.43 Å². The Balaban J connectivity index is 2.46. The third-order valence-corrected chi connectivity index (χ3v) is 3.41. The zero-order valence-electron chi connectivity index (χ0n) is 11.9. The van der Waals surface area contributed by atoms with Crippen LogP contribution in [0.1, 0.15) is 31.0 Å². The van der Waals surface area contributed by atoms with Gasteiger partial charge in [-0.1, -0.05) is 41.4 Å². The molecule has 0 bridgehead atoms. The standard InChI is InChI=1S/C16H18Cl2N2O/c1-10(2)21-15-6-4-3-5-14(15)16(20-19)11-7-12(17)9-13(18)8-11/h3-10,16,20H,19H2,1-2H3. The maximum Gasteiger partial charge on any atom is 0.124 e. The van der Waals surface area contributed by atoms with Crippen molar-refractivity contribution in [2.45, 2.75) is 26.0 Å². The summed E-state index contributed by atoms with van der Waals surface area (Å²) < 4.78 is 5.85. The van der Waals surface area contributed by atoms with Gasteiger partial charge in [0.25, 0.3) is 0 Å². The van der Waals surface area contributed by atoms with E-state index in [1.165, 1.54) is 0 Å². The minimum Gasteiger partial charge on any atom is -0.491 e. The summed E-state index contributed by atoms with van der Waals surface area (Å²) in [6, 6.07) is 12.9. The van der Waals surface area contributed by atoms with Gasteiger partial charge in [-0.2, -0.15) is 0 Å². The summed E-state index contributed by atoms with van der Waals surface area (Å²) in [5, 5.41) is 1.14. The van der Waals surface area contributed by atoms with E-state index in [-0.39, 0.29) is 12.1 Å². The lowest BCUT2D eigenvalue weighted by Gasteiger charge is -2.22. The van der Waals surface area contributed by atoms with Crippen molar-refractivity contribution in [3.63, 3.8) is 0 Å². The van der Waals surface area contributed by atoms with Gasteiger partial charge in [0.15, 0.2) is 0 Å². The molecule has 0 radical (unpaired) electrons. The second-order valence-electron chi connectivity index (χ2n) is 5.01. The first-order valence-electron chi connectivity index (χ1n) is 6.69. The first-order chi connectivity index (χ1) is 10.0. The third kappa shape index (κ3) is 4.11. The second-order valence-corrected chi connectivity index (χ2v) is 5.88. The van der Waals surface area contributed by atoms with Crippen LogP contribution in [0.5, 0.6) is 5.75 Å². The molecule has 2 rings (SSSR count). The van der Waals surface area contributed by atoms with Crippen LogP contribution in [-0.4, -0.2) is 6.10 Å². The van der Waals surface area contributed by atoms with E-state index in [1.807, 2.05) is 50.2 Å². The Morgan fingerprint density at radius 2 is 1.67 bits per heavy atom. The maximum absolute atomic E-state index is 6.08. The van der Waals surface area contributed by atoms with E-state index in [9.17, 15) is 0 Å². The van der Waals surface area contributed by atoms with Gasteiger partial charge in [0.1, 0.15) is 5.75 Å². The van der Waals surface area contributed by atoms with E-state index < -0.39 is 0 Å². The summed E-state index contributed by atoms with van der Waals surface area (Å²) in [6.45, 7) is 3.97. The minimum absolute atomic E-state index is 0.0764. The molecular weight excluding hydrogens is 307 g/mol. The SMILES string of the molecule is CC(C)Oc1ccccc1C(NN)c1cc(Cl)cc(Cl)c1. The highest BCUT2D eigenvalue weighted by molar-refractivity contribution is 6.34. The fourth-order valence-electron chi connectivity index (χ4n) is 2.19. The number of benzene rings is 2. The molecule has 0 fully saturated rings. The van der Waals surface area contributed by atoms with E-state index >= 15 is 0 Å². The summed E-state index contributed by atoms with van der Waals surface area (Å²) in [7, 11) is 0. The topological polar surface area (TPSA) is 47.3 Å². The normalized spacial score (nSPS) is 12.5. The number of nitrogens with two attached hydrogens (primary N) is 1. The Morgan fingerprint density at radius 3 is 2.24 bits per heavy atom. The number of hydrogen-bond donors (Lipinski definition) is 2. The monoisotopic (exact) mass is 324 g/mol. The summed E-state index contributed by atoms with van der Waals surface area (Å²) in [5.74, 6) is 6.53. The molecule has 2 aromatic carbocycles. The van der Waals surface area contributed by atoms with Gasteiger partial charge in [-0.15, -0.1) is 0 Å². The van der Waals surface area contributed by atoms with Crippen LogP contribution in [-0.2, 0) is 0 Å². The molecule has 0 aliphatic carbocycles. The average Bonchev–Trinajstić information content (AvgIpc) is 2.40. The van der Waals surface area contributed by atoms with E-state index in [1.54, 1.807) is 6.07 Å². The van der Waals surface area contributed by atoms with Crippen molar-refractivity contribution in [3.05, 3.63) is 63.6 Å². The van der Waals surface area contributed by atoms with Crippen molar-refractivity contribution < 1.29 is 4.74 Å². The summed E-state index contributed by atoms with van der Waals surface area (Å²) in [4.78, 5) is 0. The number of para-hydroxylation sites is 1. The van der Waals surface area contributed by atoms with Gasteiger partial charge < -0.3 is 4.74 Å². The van der Waals surface area contributed by atoms with Crippen LogP contribution < -0.4 is 16.0 Å². The Labute approximate surface area is 135 Å². The summed E-state index contributed by atoms with van der Waals surface area (Å²) in [6.07, 6.45) is 0.0764. The maximum atomic E-state index is 6.08. The molecule has 0 amide bonds. The average molecular weight is 325 g/mol. The molecule has 0 heterocycles. The quantitative estimate of drug-likeness (QED) is 0.635. The number of rotatable bonds is 5. The van der Waals surface area contributed by atoms with E-state index in [0.29, 0.717) is 10.0 Å². The Morgan fingerprint density at radius 1 is 1.05 bits per heavy atom. The van der Waals surface area contributed by atoms with Crippen molar-refractivity contribution in [1.82, 2.24) is 5.43 Å². The predicted octanol–water partition coefficient (Wildman–Crippen LogP) is 4.33. The molecule has 3 N–H and O–H groups in total. The largest absolute Gasteiger partial charge is 0.491 e. The lowest BCUT2D eigenvalue weighted by atomic mass is 9.98. The molecule has 0 saturated heterocycles. The molecule has 5 heteroatoms. The van der Waals surface area contributed by atoms with Crippen molar-refractivity contribution in [2.24, 2.45) is 5.84 Å². The molecule has 0 aliphatic rings. The van der Waals surface area contributed by atoms with Gasteiger partial charge in [-0.25, -0.2) is 5.43 Å². The molecule has 1 unspecified atom stereocenters. The van der Waals surface area contributed by atoms with Crippen molar-refractivity contribution in [2.75, 3.05) is 0 Å². The Kier molecular flexibility index (Phi) is 5.48. The molecule has 21 heavy (non-hydrogen) atoms. The second kappa shape index (κ2) is 7.14. The Hall–Kier alpha value is -1.26. The van der Waals surface area contributed by atoms with Crippen LogP contribution in [0, 0.1) is 0 Å². The number of nitrogens with one attached hydrogen (secondary N) is 1. The van der Waals surface area contributed by atoms with Gasteiger partial charge in [-0.05, 0) is 43.7 Å². The van der Waals surface area contributed by atoms with Gasteiger partial charge in [0.2, 0.25) is 0 Å². The molecule has 2 aromatic rings. The summed E-state index contributed by atoms with van der Waals surface area (Å²) >= 11 is 12.2. The van der Waals surface area contributed by atoms with E-state index in [0.717, 1.165) is 16.9 Å². The first-order valence-corrected chi connectivity index (χ1v) is 7.44.